The summed E-state index contributed by atoms with van der Waals surface area (Å²) in [6, 6.07) is 11.1. The van der Waals surface area contributed by atoms with Gasteiger partial charge in [-0.2, -0.15) is 4.68 Å². The van der Waals surface area contributed by atoms with E-state index in [1.54, 1.807) is 4.90 Å². The molecule has 8 nitrogen and oxygen atoms in total. The minimum absolute atomic E-state index is 0.133. The summed E-state index contributed by atoms with van der Waals surface area (Å²) in [5, 5.41) is 14.5. The molecule has 156 valence electrons. The van der Waals surface area contributed by atoms with E-state index in [-0.39, 0.29) is 6.03 Å². The molecular weight excluding hydrogens is 392 g/mol. The van der Waals surface area contributed by atoms with Crippen molar-refractivity contribution in [2.75, 3.05) is 31.5 Å². The Kier molecular flexibility index (Phi) is 5.66. The molecule has 1 fully saturated rings. The van der Waals surface area contributed by atoms with E-state index >= 15 is 0 Å². The summed E-state index contributed by atoms with van der Waals surface area (Å²) >= 11 is 0. The molecule has 2 heterocycles. The van der Waals surface area contributed by atoms with E-state index in [9.17, 15) is 13.6 Å². The second-order valence-corrected chi connectivity index (χ2v) is 7.17. The van der Waals surface area contributed by atoms with Crippen LogP contribution >= 0.6 is 0 Å². The predicted molar refractivity (Wildman–Crippen MR) is 106 cm³/mol. The van der Waals surface area contributed by atoms with Crippen molar-refractivity contribution in [2.45, 2.75) is 13.5 Å². The molecule has 1 aliphatic rings. The van der Waals surface area contributed by atoms with E-state index in [1.165, 1.54) is 10.7 Å². The molecule has 0 spiro atoms. The van der Waals surface area contributed by atoms with Crippen LogP contribution in [0.25, 0.3) is 5.69 Å². The van der Waals surface area contributed by atoms with Crippen LogP contribution in [-0.2, 0) is 6.54 Å². The molecule has 0 aliphatic carbocycles. The molecule has 0 bridgehead atoms. The third-order valence-corrected chi connectivity index (χ3v) is 4.98. The number of piperazine rings is 1. The SMILES string of the molecule is Cc1cccc(NC(=O)N2CCN(Cc3nnnn3-c3ccc(F)c(F)c3)CC2)c1. The van der Waals surface area contributed by atoms with Gasteiger partial charge in [0, 0.05) is 37.9 Å². The number of nitrogens with zero attached hydrogens (tertiary/aromatic N) is 6. The van der Waals surface area contributed by atoms with Gasteiger partial charge in [0.2, 0.25) is 0 Å². The fourth-order valence-corrected chi connectivity index (χ4v) is 3.36. The highest BCUT2D eigenvalue weighted by Crippen LogP contribution is 2.15. The van der Waals surface area contributed by atoms with E-state index in [1.807, 2.05) is 31.2 Å². The van der Waals surface area contributed by atoms with Crippen molar-refractivity contribution in [1.82, 2.24) is 30.0 Å². The van der Waals surface area contributed by atoms with Gasteiger partial charge in [-0.25, -0.2) is 13.6 Å². The molecule has 10 heteroatoms. The monoisotopic (exact) mass is 413 g/mol. The average Bonchev–Trinajstić information content (AvgIpc) is 3.19. The Morgan fingerprint density at radius 2 is 1.87 bits per heavy atom. The zero-order valence-corrected chi connectivity index (χ0v) is 16.4. The molecule has 1 saturated heterocycles. The second kappa shape index (κ2) is 8.54. The number of benzene rings is 2. The van der Waals surface area contributed by atoms with Gasteiger partial charge in [-0.1, -0.05) is 12.1 Å². The Labute approximate surface area is 172 Å². The number of aryl methyl sites for hydroxylation is 1. The summed E-state index contributed by atoms with van der Waals surface area (Å²) in [6.07, 6.45) is 0. The van der Waals surface area contributed by atoms with Crippen molar-refractivity contribution < 1.29 is 13.6 Å². The molecule has 3 aromatic rings. The second-order valence-electron chi connectivity index (χ2n) is 7.17. The van der Waals surface area contributed by atoms with Crippen molar-refractivity contribution in [3.8, 4) is 5.69 Å². The van der Waals surface area contributed by atoms with Gasteiger partial charge in [0.25, 0.3) is 0 Å². The minimum atomic E-state index is -0.956. The highest BCUT2D eigenvalue weighted by atomic mass is 19.2. The Morgan fingerprint density at radius 3 is 2.60 bits per heavy atom. The first kappa shape index (κ1) is 19.9. The molecular formula is C20H21F2N7O. The number of urea groups is 1. The van der Waals surface area contributed by atoms with Crippen LogP contribution in [0.15, 0.2) is 42.5 Å². The maximum atomic E-state index is 13.5. The van der Waals surface area contributed by atoms with Crippen molar-refractivity contribution in [3.63, 3.8) is 0 Å². The lowest BCUT2D eigenvalue weighted by atomic mass is 10.2. The number of rotatable bonds is 4. The first-order valence-corrected chi connectivity index (χ1v) is 9.57. The Morgan fingerprint density at radius 1 is 1.07 bits per heavy atom. The molecule has 0 unspecified atom stereocenters. The number of amides is 2. The van der Waals surface area contributed by atoms with Gasteiger partial charge in [0.05, 0.1) is 12.2 Å². The van der Waals surface area contributed by atoms with Crippen LogP contribution in [0.3, 0.4) is 0 Å². The van der Waals surface area contributed by atoms with Gasteiger partial charge >= 0.3 is 6.03 Å². The fraction of sp³-hybridized carbons (Fsp3) is 0.300. The molecule has 1 aliphatic heterocycles. The standard InChI is InChI=1S/C20H21F2N7O/c1-14-3-2-4-15(11-14)23-20(30)28-9-7-27(8-10-28)13-19-24-25-26-29(19)16-5-6-17(21)18(22)12-16/h2-6,11-12H,7-10,13H2,1H3,(H,23,30). The number of hydrogen-bond donors (Lipinski definition) is 1. The number of nitrogens with one attached hydrogen (secondary N) is 1. The number of halogens is 2. The summed E-state index contributed by atoms with van der Waals surface area (Å²) in [4.78, 5) is 16.4. The molecule has 30 heavy (non-hydrogen) atoms. The van der Waals surface area contributed by atoms with Crippen LogP contribution in [0.2, 0.25) is 0 Å². The Hall–Kier alpha value is -3.40. The molecule has 4 rings (SSSR count). The van der Waals surface area contributed by atoms with E-state index in [4.69, 9.17) is 0 Å². The van der Waals surface area contributed by atoms with Crippen LogP contribution in [0.1, 0.15) is 11.4 Å². The van der Waals surface area contributed by atoms with E-state index in [2.05, 4.69) is 25.7 Å². The number of hydrogen-bond acceptors (Lipinski definition) is 5. The van der Waals surface area contributed by atoms with Gasteiger partial charge in [-0.15, -0.1) is 5.10 Å². The Bertz CT molecular complexity index is 1050. The van der Waals surface area contributed by atoms with Crippen molar-refractivity contribution in [3.05, 3.63) is 65.5 Å². The summed E-state index contributed by atoms with van der Waals surface area (Å²) in [5.41, 5.74) is 2.20. The first-order valence-electron chi connectivity index (χ1n) is 9.57. The Balaban J connectivity index is 1.35. The molecule has 1 aromatic heterocycles. The quantitative estimate of drug-likeness (QED) is 0.711. The van der Waals surface area contributed by atoms with Gasteiger partial charge < -0.3 is 10.2 Å². The highest BCUT2D eigenvalue weighted by molar-refractivity contribution is 5.89. The van der Waals surface area contributed by atoms with Gasteiger partial charge in [0.15, 0.2) is 17.5 Å². The van der Waals surface area contributed by atoms with Crippen LogP contribution in [0.4, 0.5) is 19.3 Å². The van der Waals surface area contributed by atoms with Crippen LogP contribution in [-0.4, -0.2) is 62.2 Å². The summed E-state index contributed by atoms with van der Waals surface area (Å²) in [5.74, 6) is -1.37. The predicted octanol–water partition coefficient (Wildman–Crippen LogP) is 2.60. The summed E-state index contributed by atoms with van der Waals surface area (Å²) in [7, 11) is 0. The molecule has 2 amide bonds. The smallest absolute Gasteiger partial charge is 0.321 e. The lowest BCUT2D eigenvalue weighted by Crippen LogP contribution is -2.49. The van der Waals surface area contributed by atoms with E-state index in [0.717, 1.165) is 23.4 Å². The normalized spacial score (nSPS) is 14.7. The van der Waals surface area contributed by atoms with E-state index in [0.29, 0.717) is 44.2 Å². The van der Waals surface area contributed by atoms with Crippen molar-refractivity contribution in [1.29, 1.82) is 0 Å². The third-order valence-electron chi connectivity index (χ3n) is 4.98. The lowest BCUT2D eigenvalue weighted by molar-refractivity contribution is 0.140. The fourth-order valence-electron chi connectivity index (χ4n) is 3.36. The number of anilines is 1. The molecule has 0 saturated carbocycles. The average molecular weight is 413 g/mol. The van der Waals surface area contributed by atoms with Crippen LogP contribution < -0.4 is 5.32 Å². The topological polar surface area (TPSA) is 79.2 Å². The number of tetrazole rings is 1. The largest absolute Gasteiger partial charge is 0.322 e. The molecule has 1 N–H and O–H groups in total. The lowest BCUT2D eigenvalue weighted by Gasteiger charge is -2.34. The highest BCUT2D eigenvalue weighted by Gasteiger charge is 2.23. The number of carbonyl (C=O) groups excluding carboxylic acids is 1. The van der Waals surface area contributed by atoms with Crippen molar-refractivity contribution in [2.24, 2.45) is 0 Å². The maximum Gasteiger partial charge on any atom is 0.321 e. The maximum absolute atomic E-state index is 13.5. The summed E-state index contributed by atoms with van der Waals surface area (Å²) in [6.45, 7) is 4.81. The molecule has 0 radical (unpaired) electrons. The number of carbonyl (C=O) groups is 1. The molecule has 2 aromatic carbocycles. The van der Waals surface area contributed by atoms with E-state index < -0.39 is 11.6 Å². The van der Waals surface area contributed by atoms with Crippen molar-refractivity contribution >= 4 is 11.7 Å². The summed E-state index contributed by atoms with van der Waals surface area (Å²) < 4.78 is 28.1. The molecule has 0 atom stereocenters. The van der Waals surface area contributed by atoms with Crippen LogP contribution in [0, 0.1) is 18.6 Å². The van der Waals surface area contributed by atoms with Gasteiger partial charge in [-0.3, -0.25) is 4.90 Å². The zero-order chi connectivity index (χ0) is 21.1. The van der Waals surface area contributed by atoms with Crippen LogP contribution in [0.5, 0.6) is 0 Å². The zero-order valence-electron chi connectivity index (χ0n) is 16.4. The minimum Gasteiger partial charge on any atom is -0.322 e. The number of aromatic nitrogens is 4. The third kappa shape index (κ3) is 4.43. The van der Waals surface area contributed by atoms with Gasteiger partial charge in [-0.05, 0) is 47.2 Å². The van der Waals surface area contributed by atoms with Gasteiger partial charge in [0.1, 0.15) is 0 Å². The first-order chi connectivity index (χ1) is 14.5.